The van der Waals surface area contributed by atoms with E-state index in [4.69, 9.17) is 4.74 Å². The standard InChI is InChI=1S/C24H26N2O3/c1-14-10-11-15(2)18(13-14)25-22(27)21-20-16-7-3-4-9-19(16)29-24(26-23(21)28)12-6-5-8-17(20)24/h3-4,7,9-11,13,17,20-21H,5-6,8,12H2,1-2H3,(H,25,27)(H,26,28)/t17-,20+,21+,24-/m0/s1. The highest BCUT2D eigenvalue weighted by Gasteiger charge is 2.60. The lowest BCUT2D eigenvalue weighted by molar-refractivity contribution is -0.160. The Morgan fingerprint density at radius 3 is 2.86 bits per heavy atom. The summed E-state index contributed by atoms with van der Waals surface area (Å²) >= 11 is 0. The fraction of sp³-hybridized carbons (Fsp3) is 0.417. The average molecular weight is 390 g/mol. The normalized spacial score (nSPS) is 29.7. The molecule has 5 rings (SSSR count). The molecular formula is C24H26N2O3. The number of fused-ring (bicyclic) bond motifs is 2. The number of aryl methyl sites for hydroxylation is 2. The van der Waals surface area contributed by atoms with Crippen LogP contribution < -0.4 is 15.4 Å². The zero-order valence-corrected chi connectivity index (χ0v) is 16.8. The van der Waals surface area contributed by atoms with Gasteiger partial charge in [0.2, 0.25) is 11.8 Å². The number of piperidine rings is 1. The highest BCUT2D eigenvalue weighted by Crippen LogP contribution is 2.55. The summed E-state index contributed by atoms with van der Waals surface area (Å²) in [4.78, 5) is 26.6. The number of carbonyl (C=O) groups excluding carboxylic acids is 2. The smallest absolute Gasteiger partial charge is 0.237 e. The van der Waals surface area contributed by atoms with Crippen LogP contribution in [0.5, 0.6) is 5.75 Å². The zero-order chi connectivity index (χ0) is 20.2. The first kappa shape index (κ1) is 18.2. The molecule has 1 saturated heterocycles. The molecule has 0 unspecified atom stereocenters. The van der Waals surface area contributed by atoms with Gasteiger partial charge in [-0.1, -0.05) is 36.8 Å². The van der Waals surface area contributed by atoms with E-state index in [0.717, 1.165) is 53.8 Å². The molecule has 4 atom stereocenters. The van der Waals surface area contributed by atoms with Crippen molar-refractivity contribution in [1.29, 1.82) is 0 Å². The van der Waals surface area contributed by atoms with Crippen LogP contribution in [0, 0.1) is 25.7 Å². The minimum absolute atomic E-state index is 0.109. The molecule has 3 aliphatic rings. The van der Waals surface area contributed by atoms with Gasteiger partial charge in [0, 0.05) is 23.9 Å². The molecule has 29 heavy (non-hydrogen) atoms. The highest BCUT2D eigenvalue weighted by atomic mass is 16.5. The molecule has 0 aromatic heterocycles. The Bertz CT molecular complexity index is 1000. The summed E-state index contributed by atoms with van der Waals surface area (Å²) in [5.74, 6) is -0.503. The molecule has 2 heterocycles. The number of amides is 2. The van der Waals surface area contributed by atoms with E-state index in [0.29, 0.717) is 0 Å². The van der Waals surface area contributed by atoms with Crippen molar-refractivity contribution in [2.24, 2.45) is 11.8 Å². The topological polar surface area (TPSA) is 67.4 Å². The largest absolute Gasteiger partial charge is 0.467 e. The first-order chi connectivity index (χ1) is 14.0. The van der Waals surface area contributed by atoms with Gasteiger partial charge in [-0.2, -0.15) is 0 Å². The van der Waals surface area contributed by atoms with Crippen molar-refractivity contribution >= 4 is 17.5 Å². The van der Waals surface area contributed by atoms with Crippen molar-refractivity contribution in [3.63, 3.8) is 0 Å². The Morgan fingerprint density at radius 2 is 2.00 bits per heavy atom. The summed E-state index contributed by atoms with van der Waals surface area (Å²) in [5.41, 5.74) is 3.13. The molecular weight excluding hydrogens is 364 g/mol. The van der Waals surface area contributed by atoms with Crippen LogP contribution in [-0.4, -0.2) is 17.5 Å². The van der Waals surface area contributed by atoms with Crippen molar-refractivity contribution < 1.29 is 14.3 Å². The zero-order valence-electron chi connectivity index (χ0n) is 16.8. The van der Waals surface area contributed by atoms with Crippen LogP contribution in [0.1, 0.15) is 48.3 Å². The molecule has 2 aromatic rings. The molecule has 2 amide bonds. The number of nitrogens with one attached hydrogen (secondary N) is 2. The van der Waals surface area contributed by atoms with Gasteiger partial charge in [0.1, 0.15) is 11.7 Å². The fourth-order valence-corrected chi connectivity index (χ4v) is 5.43. The van der Waals surface area contributed by atoms with Crippen molar-refractivity contribution in [3.8, 4) is 5.75 Å². The lowest BCUT2D eigenvalue weighted by Gasteiger charge is -2.56. The van der Waals surface area contributed by atoms with Gasteiger partial charge in [-0.15, -0.1) is 0 Å². The number of rotatable bonds is 2. The van der Waals surface area contributed by atoms with Crippen LogP contribution in [-0.2, 0) is 9.59 Å². The van der Waals surface area contributed by atoms with E-state index in [1.165, 1.54) is 0 Å². The second-order valence-corrected chi connectivity index (χ2v) is 8.68. The van der Waals surface area contributed by atoms with Gasteiger partial charge in [-0.3, -0.25) is 9.59 Å². The van der Waals surface area contributed by atoms with Crippen LogP contribution in [0.15, 0.2) is 42.5 Å². The number of benzene rings is 2. The summed E-state index contributed by atoms with van der Waals surface area (Å²) in [5, 5.41) is 6.16. The summed E-state index contributed by atoms with van der Waals surface area (Å²) in [7, 11) is 0. The summed E-state index contributed by atoms with van der Waals surface area (Å²) in [6.07, 6.45) is 3.85. The molecule has 5 heteroatoms. The Hall–Kier alpha value is -2.82. The van der Waals surface area contributed by atoms with E-state index in [1.54, 1.807) is 0 Å². The van der Waals surface area contributed by atoms with Crippen molar-refractivity contribution in [2.75, 3.05) is 5.32 Å². The van der Waals surface area contributed by atoms with Crippen molar-refractivity contribution in [1.82, 2.24) is 5.32 Å². The van der Waals surface area contributed by atoms with Crippen LogP contribution in [0.4, 0.5) is 5.69 Å². The second-order valence-electron chi connectivity index (χ2n) is 8.68. The minimum Gasteiger partial charge on any atom is -0.467 e. The first-order valence-electron chi connectivity index (χ1n) is 10.5. The Morgan fingerprint density at radius 1 is 1.17 bits per heavy atom. The van der Waals surface area contributed by atoms with Gasteiger partial charge in [-0.25, -0.2) is 0 Å². The van der Waals surface area contributed by atoms with E-state index in [2.05, 4.69) is 10.6 Å². The van der Waals surface area contributed by atoms with E-state index < -0.39 is 11.6 Å². The molecule has 2 aliphatic heterocycles. The quantitative estimate of drug-likeness (QED) is 0.760. The number of para-hydroxylation sites is 1. The van der Waals surface area contributed by atoms with Gasteiger partial charge in [0.05, 0.1) is 0 Å². The summed E-state index contributed by atoms with van der Waals surface area (Å²) in [6, 6.07) is 13.8. The molecule has 2 bridgehead atoms. The van der Waals surface area contributed by atoms with E-state index in [-0.39, 0.29) is 23.7 Å². The highest BCUT2D eigenvalue weighted by molar-refractivity contribution is 6.08. The Kier molecular flexibility index (Phi) is 4.16. The summed E-state index contributed by atoms with van der Waals surface area (Å²) < 4.78 is 6.38. The van der Waals surface area contributed by atoms with Gasteiger partial charge in [0.15, 0.2) is 5.72 Å². The maximum absolute atomic E-state index is 13.4. The number of anilines is 1. The lowest BCUT2D eigenvalue weighted by atomic mass is 9.62. The molecule has 5 nitrogen and oxygen atoms in total. The van der Waals surface area contributed by atoms with Crippen LogP contribution in [0.2, 0.25) is 0 Å². The Labute approximate surface area is 170 Å². The van der Waals surface area contributed by atoms with Crippen LogP contribution in [0.25, 0.3) is 0 Å². The minimum atomic E-state index is -0.767. The number of hydrogen-bond donors (Lipinski definition) is 2. The molecule has 2 aromatic carbocycles. The third kappa shape index (κ3) is 2.83. The van der Waals surface area contributed by atoms with Crippen molar-refractivity contribution in [2.45, 2.75) is 51.2 Å². The molecule has 150 valence electrons. The first-order valence-corrected chi connectivity index (χ1v) is 10.5. The lowest BCUT2D eigenvalue weighted by Crippen LogP contribution is -2.69. The second kappa shape index (κ2) is 6.61. The predicted molar refractivity (Wildman–Crippen MR) is 111 cm³/mol. The summed E-state index contributed by atoms with van der Waals surface area (Å²) in [6.45, 7) is 3.96. The van der Waals surface area contributed by atoms with E-state index in [9.17, 15) is 9.59 Å². The molecule has 1 saturated carbocycles. The van der Waals surface area contributed by atoms with Gasteiger partial charge < -0.3 is 15.4 Å². The monoisotopic (exact) mass is 390 g/mol. The van der Waals surface area contributed by atoms with E-state index in [1.807, 2.05) is 56.3 Å². The van der Waals surface area contributed by atoms with Gasteiger partial charge in [-0.05, 0) is 55.5 Å². The third-order valence-electron chi connectivity index (χ3n) is 6.83. The predicted octanol–water partition coefficient (Wildman–Crippen LogP) is 4.05. The third-order valence-corrected chi connectivity index (χ3v) is 6.83. The molecule has 0 spiro atoms. The van der Waals surface area contributed by atoms with Crippen LogP contribution >= 0.6 is 0 Å². The number of hydrogen-bond acceptors (Lipinski definition) is 3. The van der Waals surface area contributed by atoms with E-state index >= 15 is 0 Å². The molecule has 2 N–H and O–H groups in total. The van der Waals surface area contributed by atoms with Gasteiger partial charge >= 0.3 is 0 Å². The number of ether oxygens (including phenoxy) is 1. The maximum atomic E-state index is 13.4. The molecule has 2 fully saturated rings. The average Bonchev–Trinajstić information content (AvgIpc) is 2.69. The van der Waals surface area contributed by atoms with Crippen molar-refractivity contribution in [3.05, 3.63) is 59.2 Å². The maximum Gasteiger partial charge on any atom is 0.237 e. The molecule has 0 radical (unpaired) electrons. The number of carbonyl (C=O) groups is 2. The fourth-order valence-electron chi connectivity index (χ4n) is 5.43. The SMILES string of the molecule is Cc1ccc(C)c(NC(=O)[C@@H]2C(=O)N[C@]34CCCC[C@H]3[C@H]2c2ccccc2O4)c1. The Balaban J connectivity index is 1.56. The van der Waals surface area contributed by atoms with Gasteiger partial charge in [0.25, 0.3) is 0 Å². The molecule has 1 aliphatic carbocycles. The van der Waals surface area contributed by atoms with Crippen LogP contribution in [0.3, 0.4) is 0 Å².